The van der Waals surface area contributed by atoms with Crippen LogP contribution in [0, 0.1) is 11.8 Å². The Morgan fingerprint density at radius 3 is 2.50 bits per heavy atom. The second-order valence-electron chi connectivity index (χ2n) is 5.85. The summed E-state index contributed by atoms with van der Waals surface area (Å²) < 4.78 is 11.2. The molecule has 0 radical (unpaired) electrons. The smallest absolute Gasteiger partial charge is 0.351 e. The summed E-state index contributed by atoms with van der Waals surface area (Å²) in [5.41, 5.74) is 0. The molecule has 4 N–H and O–H groups in total. The Balaban J connectivity index is 2.85. The number of amides is 1. The van der Waals surface area contributed by atoms with Crippen molar-refractivity contribution < 1.29 is 24.3 Å². The number of aliphatic hydroxyl groups excluding tert-OH is 1. The second kappa shape index (κ2) is 6.85. The van der Waals surface area contributed by atoms with Crippen molar-refractivity contribution in [3.8, 4) is 0 Å². The summed E-state index contributed by atoms with van der Waals surface area (Å²) in [7, 11) is -4.28. The quantitative estimate of drug-likeness (QED) is 0.574. The third kappa shape index (κ3) is 5.02. The van der Waals surface area contributed by atoms with E-state index in [0.717, 1.165) is 6.42 Å². The molecule has 6 nitrogen and oxygen atoms in total. The number of hydrogen-bond donors (Lipinski definition) is 4. The van der Waals surface area contributed by atoms with Gasteiger partial charge in [-0.15, -0.1) is 0 Å². The summed E-state index contributed by atoms with van der Waals surface area (Å²) in [5, 5.41) is 13.0. The topological polar surface area (TPSA) is 107 Å². The Hall–Kier alpha value is -0.680. The Morgan fingerprint density at radius 1 is 1.50 bits per heavy atom. The summed E-state index contributed by atoms with van der Waals surface area (Å²) in [6.45, 7) is 5.49. The van der Waals surface area contributed by atoms with Gasteiger partial charge < -0.3 is 20.2 Å². The van der Waals surface area contributed by atoms with E-state index in [1.165, 1.54) is 13.0 Å². The molecule has 1 aliphatic carbocycles. The predicted molar refractivity (Wildman–Crippen MR) is 75.9 cm³/mol. The molecule has 0 saturated heterocycles. The molecule has 0 heterocycles. The summed E-state index contributed by atoms with van der Waals surface area (Å²) in [4.78, 5) is 29.6. The van der Waals surface area contributed by atoms with Gasteiger partial charge in [-0.25, -0.2) is 0 Å². The first-order valence-electron chi connectivity index (χ1n) is 6.81. The van der Waals surface area contributed by atoms with Crippen LogP contribution >= 0.6 is 7.60 Å². The van der Waals surface area contributed by atoms with Gasteiger partial charge in [0.2, 0.25) is 5.91 Å². The Bertz CT molecular complexity index is 428. The predicted octanol–water partition coefficient (Wildman–Crippen LogP) is 1.37. The summed E-state index contributed by atoms with van der Waals surface area (Å²) in [5.74, 6) is -0.0181. The fraction of sp³-hybridized carbons (Fsp3) is 0.769. The van der Waals surface area contributed by atoms with Crippen molar-refractivity contribution >= 4 is 13.5 Å². The highest BCUT2D eigenvalue weighted by Gasteiger charge is 2.36. The van der Waals surface area contributed by atoms with Gasteiger partial charge >= 0.3 is 7.60 Å². The van der Waals surface area contributed by atoms with Crippen molar-refractivity contribution in [1.82, 2.24) is 5.32 Å². The van der Waals surface area contributed by atoms with Gasteiger partial charge in [0.25, 0.3) is 0 Å². The zero-order valence-electron chi connectivity index (χ0n) is 12.1. The van der Waals surface area contributed by atoms with Crippen LogP contribution in [0.3, 0.4) is 0 Å². The van der Waals surface area contributed by atoms with Gasteiger partial charge in [0.15, 0.2) is 0 Å². The third-order valence-corrected chi connectivity index (χ3v) is 4.66. The molecule has 1 aliphatic rings. The lowest BCUT2D eigenvalue weighted by Gasteiger charge is -2.35. The van der Waals surface area contributed by atoms with Gasteiger partial charge in [-0.1, -0.05) is 19.9 Å². The van der Waals surface area contributed by atoms with Crippen molar-refractivity contribution in [3.63, 3.8) is 0 Å². The first-order chi connectivity index (χ1) is 9.11. The monoisotopic (exact) mass is 305 g/mol. The summed E-state index contributed by atoms with van der Waals surface area (Å²) in [6, 6.07) is -0.183. The molecule has 0 aromatic rings. The van der Waals surface area contributed by atoms with E-state index < -0.39 is 13.7 Å². The number of carbonyl (C=O) groups is 1. The van der Waals surface area contributed by atoms with Gasteiger partial charge in [0.05, 0.1) is 6.10 Å². The molecule has 1 amide bonds. The van der Waals surface area contributed by atoms with Gasteiger partial charge in [0.1, 0.15) is 0 Å². The molecular formula is C13H24NO5P. The maximum atomic E-state index is 11.3. The Kier molecular flexibility index (Phi) is 5.95. The van der Waals surface area contributed by atoms with Crippen molar-refractivity contribution in [2.45, 2.75) is 52.2 Å². The van der Waals surface area contributed by atoms with E-state index in [-0.39, 0.29) is 29.6 Å². The molecule has 3 atom stereocenters. The largest absolute Gasteiger partial charge is 0.392 e. The normalized spacial score (nSPS) is 25.2. The molecule has 7 heteroatoms. The van der Waals surface area contributed by atoms with E-state index >= 15 is 0 Å². The van der Waals surface area contributed by atoms with E-state index in [1.54, 1.807) is 0 Å². The summed E-state index contributed by atoms with van der Waals surface area (Å²) >= 11 is 0. The van der Waals surface area contributed by atoms with Gasteiger partial charge in [-0.2, -0.15) is 0 Å². The third-order valence-electron chi connectivity index (χ3n) is 3.54. The molecule has 0 spiro atoms. The van der Waals surface area contributed by atoms with Crippen LogP contribution in [0.4, 0.5) is 0 Å². The molecular weight excluding hydrogens is 281 g/mol. The van der Waals surface area contributed by atoms with Gasteiger partial charge in [-0.3, -0.25) is 9.36 Å². The van der Waals surface area contributed by atoms with E-state index in [4.69, 9.17) is 9.79 Å². The highest BCUT2D eigenvalue weighted by molar-refractivity contribution is 7.56. The van der Waals surface area contributed by atoms with E-state index in [0.29, 0.717) is 12.3 Å². The summed E-state index contributed by atoms with van der Waals surface area (Å²) in [6.07, 6.45) is 1.70. The minimum absolute atomic E-state index is 0.00706. The molecule has 0 bridgehead atoms. The molecule has 0 aliphatic heterocycles. The molecule has 1 rings (SSSR count). The fourth-order valence-corrected chi connectivity index (χ4v) is 3.43. The van der Waals surface area contributed by atoms with E-state index in [9.17, 15) is 14.5 Å². The van der Waals surface area contributed by atoms with Crippen molar-refractivity contribution in [2.24, 2.45) is 11.8 Å². The zero-order valence-corrected chi connectivity index (χ0v) is 13.0. The van der Waals surface area contributed by atoms with E-state index in [1.807, 2.05) is 13.8 Å². The molecule has 116 valence electrons. The first kappa shape index (κ1) is 17.4. The van der Waals surface area contributed by atoms with Crippen LogP contribution in [-0.4, -0.2) is 32.9 Å². The number of carbonyl (C=O) groups excluding carboxylic acids is 1. The Morgan fingerprint density at radius 2 is 2.10 bits per heavy atom. The molecule has 0 unspecified atom stereocenters. The lowest BCUT2D eigenvalue weighted by atomic mass is 9.81. The number of aliphatic hydroxyl groups is 1. The molecule has 0 fully saturated rings. The average Bonchev–Trinajstić information content (AvgIpc) is 2.25. The highest BCUT2D eigenvalue weighted by atomic mass is 31.2. The van der Waals surface area contributed by atoms with Crippen molar-refractivity contribution in [1.29, 1.82) is 0 Å². The molecule has 0 saturated carbocycles. The van der Waals surface area contributed by atoms with E-state index in [2.05, 4.69) is 5.32 Å². The first-order valence-corrected chi connectivity index (χ1v) is 8.42. The van der Waals surface area contributed by atoms with Crippen molar-refractivity contribution in [3.05, 3.63) is 11.4 Å². The standard InChI is InChI=1S/C13H24NO5P/c1-8(2)6-12(14-9(3)15)11-5-4-10(7-13(11)16)20(17,18)19/h4,8,11-13,16H,5-7H2,1-3H3,(H,14,15)(H2,17,18,19)/t11-,12-,13-/m0/s1. The van der Waals surface area contributed by atoms with Crippen LogP contribution in [0.15, 0.2) is 11.4 Å². The average molecular weight is 305 g/mol. The maximum Gasteiger partial charge on any atom is 0.351 e. The Labute approximate surface area is 119 Å². The van der Waals surface area contributed by atoms with Crippen molar-refractivity contribution in [2.75, 3.05) is 0 Å². The van der Waals surface area contributed by atoms with Crippen LogP contribution in [0.25, 0.3) is 0 Å². The molecule has 0 aromatic carbocycles. The second-order valence-corrected chi connectivity index (χ2v) is 7.51. The van der Waals surface area contributed by atoms with Gasteiger partial charge in [-0.05, 0) is 18.8 Å². The number of hydrogen-bond acceptors (Lipinski definition) is 3. The van der Waals surface area contributed by atoms with Crippen LogP contribution in [0.1, 0.15) is 40.0 Å². The molecule has 20 heavy (non-hydrogen) atoms. The number of allylic oxidation sites excluding steroid dienone is 1. The minimum Gasteiger partial charge on any atom is -0.392 e. The molecule has 0 aromatic heterocycles. The van der Waals surface area contributed by atoms with Crippen LogP contribution < -0.4 is 5.32 Å². The number of rotatable bonds is 5. The van der Waals surface area contributed by atoms with Gasteiger partial charge in [0, 0.05) is 30.6 Å². The van der Waals surface area contributed by atoms with Crippen LogP contribution in [0.5, 0.6) is 0 Å². The number of nitrogens with one attached hydrogen (secondary N) is 1. The highest BCUT2D eigenvalue weighted by Crippen LogP contribution is 2.50. The fourth-order valence-electron chi connectivity index (χ4n) is 2.66. The maximum absolute atomic E-state index is 11.3. The lowest BCUT2D eigenvalue weighted by Crippen LogP contribution is -2.45. The SMILES string of the molecule is CC(=O)N[C@@H](CC(C)C)[C@@H]1CC=C(P(=O)(O)O)C[C@@H]1O. The lowest BCUT2D eigenvalue weighted by molar-refractivity contribution is -0.120. The zero-order chi connectivity index (χ0) is 15.5. The van der Waals surface area contributed by atoms with Crippen LogP contribution in [0.2, 0.25) is 0 Å². The minimum atomic E-state index is -4.28. The van der Waals surface area contributed by atoms with Crippen LogP contribution in [-0.2, 0) is 9.36 Å².